The van der Waals surface area contributed by atoms with Crippen LogP contribution in [0.25, 0.3) is 0 Å². The van der Waals surface area contributed by atoms with Crippen molar-refractivity contribution < 1.29 is 23.9 Å². The van der Waals surface area contributed by atoms with E-state index in [0.717, 1.165) is 0 Å². The Labute approximate surface area is 205 Å². The fraction of sp³-hybridized carbons (Fsp3) is 0.963. The fourth-order valence-electron chi connectivity index (χ4n) is 5.95. The summed E-state index contributed by atoms with van der Waals surface area (Å²) in [5.41, 5.74) is 0. The lowest BCUT2D eigenvalue weighted by molar-refractivity contribution is -0.142. The van der Waals surface area contributed by atoms with E-state index < -0.39 is 32.6 Å². The minimum Gasteiger partial charge on any atom is -0.392 e. The van der Waals surface area contributed by atoms with Gasteiger partial charge in [0.1, 0.15) is 5.78 Å². The van der Waals surface area contributed by atoms with Crippen LogP contribution in [0.15, 0.2) is 0 Å². The first-order chi connectivity index (χ1) is 14.7. The van der Waals surface area contributed by atoms with Crippen LogP contribution in [0.2, 0.25) is 10.1 Å². The normalized spacial score (nSPS) is 29.0. The highest BCUT2D eigenvalue weighted by atomic mass is 28.4. The molecule has 0 radical (unpaired) electrons. The lowest BCUT2D eigenvalue weighted by Crippen LogP contribution is -2.68. The number of rotatable bonds is 8. The zero-order chi connectivity index (χ0) is 26.3. The van der Waals surface area contributed by atoms with Crippen molar-refractivity contribution in [1.29, 1.82) is 0 Å². The average Bonchev–Trinajstić information content (AvgIpc) is 2.68. The molecule has 0 amide bonds. The van der Waals surface area contributed by atoms with E-state index in [-0.39, 0.29) is 45.8 Å². The zero-order valence-electron chi connectivity index (χ0n) is 23.9. The highest BCUT2D eigenvalue weighted by Crippen LogP contribution is 2.57. The second-order valence-corrected chi connectivity index (χ2v) is 18.2. The number of ketones is 1. The molecule has 0 aromatic rings. The van der Waals surface area contributed by atoms with Crippen LogP contribution in [0, 0.1) is 35.5 Å². The van der Waals surface area contributed by atoms with Gasteiger partial charge in [-0.15, -0.1) is 0 Å². The van der Waals surface area contributed by atoms with E-state index in [1.165, 1.54) is 0 Å². The standard InChI is InChI=1S/C27H54O5Si/c1-15(2)21(28)17(5)22(29)18(6)23(30)19(7)25-20(8)24(16(3)4)31-33(32-25,26(9,10)11)27(12,13)14/h15-21,23-25,28,30H,1-14H3/t17-,18-,19+,20-,21+,23+,24-,25+/m0/s1. The van der Waals surface area contributed by atoms with Crippen LogP contribution in [-0.2, 0) is 13.6 Å². The van der Waals surface area contributed by atoms with Gasteiger partial charge in [0.15, 0.2) is 0 Å². The molecule has 0 aromatic heterocycles. The van der Waals surface area contributed by atoms with Crippen LogP contribution in [0.4, 0.5) is 0 Å². The molecule has 0 bridgehead atoms. The highest BCUT2D eigenvalue weighted by molar-refractivity contribution is 6.73. The molecule has 2 N–H and O–H groups in total. The zero-order valence-corrected chi connectivity index (χ0v) is 24.9. The summed E-state index contributed by atoms with van der Waals surface area (Å²) in [6.45, 7) is 29.1. The first-order valence-electron chi connectivity index (χ1n) is 13.0. The van der Waals surface area contributed by atoms with Gasteiger partial charge in [-0.1, -0.05) is 96.9 Å². The summed E-state index contributed by atoms with van der Waals surface area (Å²) in [5.74, 6) is -1.05. The number of hydrogen-bond donors (Lipinski definition) is 2. The molecule has 0 spiro atoms. The van der Waals surface area contributed by atoms with Gasteiger partial charge in [-0.3, -0.25) is 4.79 Å². The molecule has 0 saturated carbocycles. The number of Topliss-reactive ketones (excluding diaryl/α,β-unsaturated/α-hetero) is 1. The van der Waals surface area contributed by atoms with Crippen molar-refractivity contribution >= 4 is 14.3 Å². The van der Waals surface area contributed by atoms with E-state index >= 15 is 0 Å². The summed E-state index contributed by atoms with van der Waals surface area (Å²) in [4.78, 5) is 13.1. The minimum absolute atomic E-state index is 0.0125. The Morgan fingerprint density at radius 1 is 0.758 bits per heavy atom. The number of carbonyl (C=O) groups excluding carboxylic acids is 1. The molecule has 0 aromatic carbocycles. The van der Waals surface area contributed by atoms with Gasteiger partial charge in [0.05, 0.1) is 24.4 Å². The van der Waals surface area contributed by atoms with Crippen molar-refractivity contribution in [2.75, 3.05) is 0 Å². The SMILES string of the molecule is CC(C)[C@@H](O)[C@H](C)C(=O)[C@H](C)[C@@H](O)[C@@H](C)[C@H]1O[Si](C(C)(C)C)(C(C)(C)C)O[C@@H](C(C)C)[C@@H]1C. The van der Waals surface area contributed by atoms with Gasteiger partial charge in [-0.25, -0.2) is 0 Å². The quantitative estimate of drug-likeness (QED) is 0.414. The molecule has 6 heteroatoms. The molecule has 196 valence electrons. The Morgan fingerprint density at radius 3 is 1.52 bits per heavy atom. The number of aliphatic hydroxyl groups excluding tert-OH is 2. The minimum atomic E-state index is -2.78. The molecule has 1 aliphatic rings. The Kier molecular flexibility index (Phi) is 10.0. The Bertz CT molecular complexity index is 634. The van der Waals surface area contributed by atoms with Crippen LogP contribution >= 0.6 is 0 Å². The number of carbonyl (C=O) groups is 1. The largest absolute Gasteiger partial charge is 0.392 e. The lowest BCUT2D eigenvalue weighted by atomic mass is 9.76. The summed E-state index contributed by atoms with van der Waals surface area (Å²) in [6, 6.07) is 0. The first kappa shape index (κ1) is 30.8. The number of hydrogen-bond acceptors (Lipinski definition) is 5. The van der Waals surface area contributed by atoms with Gasteiger partial charge >= 0.3 is 8.56 Å². The smallest absolute Gasteiger partial charge is 0.349 e. The van der Waals surface area contributed by atoms with E-state index in [1.807, 2.05) is 20.8 Å². The van der Waals surface area contributed by atoms with Gasteiger partial charge in [0.25, 0.3) is 0 Å². The van der Waals surface area contributed by atoms with Crippen molar-refractivity contribution in [3.05, 3.63) is 0 Å². The molecule has 0 unspecified atom stereocenters. The third-order valence-corrected chi connectivity index (χ3v) is 13.1. The van der Waals surface area contributed by atoms with Crippen LogP contribution in [0.1, 0.15) is 96.9 Å². The predicted molar refractivity (Wildman–Crippen MR) is 138 cm³/mol. The topological polar surface area (TPSA) is 76.0 Å². The van der Waals surface area contributed by atoms with Gasteiger partial charge in [0, 0.05) is 33.7 Å². The molecular formula is C27H54O5Si. The molecule has 0 aliphatic carbocycles. The van der Waals surface area contributed by atoms with E-state index in [9.17, 15) is 15.0 Å². The second-order valence-electron chi connectivity index (χ2n) is 13.4. The van der Waals surface area contributed by atoms with Crippen LogP contribution < -0.4 is 0 Å². The Morgan fingerprint density at radius 2 is 1.15 bits per heavy atom. The van der Waals surface area contributed by atoms with E-state index in [2.05, 4.69) is 62.3 Å². The fourth-order valence-corrected chi connectivity index (χ4v) is 11.4. The Balaban J connectivity index is 3.35. The molecule has 1 fully saturated rings. The maximum absolute atomic E-state index is 13.1. The predicted octanol–water partition coefficient (Wildman–Crippen LogP) is 5.96. The molecule has 5 nitrogen and oxygen atoms in total. The van der Waals surface area contributed by atoms with Gasteiger partial charge < -0.3 is 19.1 Å². The van der Waals surface area contributed by atoms with E-state index in [0.29, 0.717) is 5.92 Å². The molecule has 1 heterocycles. The molecule has 33 heavy (non-hydrogen) atoms. The monoisotopic (exact) mass is 486 g/mol. The van der Waals surface area contributed by atoms with Crippen molar-refractivity contribution in [2.45, 2.75) is 131 Å². The van der Waals surface area contributed by atoms with E-state index in [1.54, 1.807) is 13.8 Å². The summed E-state index contributed by atoms with van der Waals surface area (Å²) in [7, 11) is -2.78. The van der Waals surface area contributed by atoms with Crippen LogP contribution in [0.3, 0.4) is 0 Å². The third kappa shape index (κ3) is 6.11. The summed E-state index contributed by atoms with van der Waals surface area (Å²) < 4.78 is 14.0. The maximum atomic E-state index is 13.1. The van der Waals surface area contributed by atoms with Crippen LogP contribution in [-0.4, -0.2) is 49.0 Å². The van der Waals surface area contributed by atoms with Crippen molar-refractivity contribution in [1.82, 2.24) is 0 Å². The molecule has 8 atom stereocenters. The van der Waals surface area contributed by atoms with Gasteiger partial charge in [0.2, 0.25) is 0 Å². The first-order valence-corrected chi connectivity index (χ1v) is 14.8. The maximum Gasteiger partial charge on any atom is 0.349 e. The van der Waals surface area contributed by atoms with Crippen molar-refractivity contribution in [2.24, 2.45) is 35.5 Å². The summed E-state index contributed by atoms with van der Waals surface area (Å²) in [5, 5.41) is 21.5. The Hall–Kier alpha value is -0.273. The van der Waals surface area contributed by atoms with Crippen molar-refractivity contribution in [3.8, 4) is 0 Å². The third-order valence-electron chi connectivity index (χ3n) is 7.93. The lowest BCUT2D eigenvalue weighted by Gasteiger charge is -2.59. The summed E-state index contributed by atoms with van der Waals surface area (Å²) >= 11 is 0. The molecule has 1 saturated heterocycles. The average molecular weight is 487 g/mol. The van der Waals surface area contributed by atoms with Gasteiger partial charge in [-0.05, 0) is 11.8 Å². The molecular weight excluding hydrogens is 432 g/mol. The highest BCUT2D eigenvalue weighted by Gasteiger charge is 2.64. The van der Waals surface area contributed by atoms with Crippen molar-refractivity contribution in [3.63, 3.8) is 0 Å². The van der Waals surface area contributed by atoms with Crippen LogP contribution in [0.5, 0.6) is 0 Å². The van der Waals surface area contributed by atoms with E-state index in [4.69, 9.17) is 8.85 Å². The molecule has 1 rings (SSSR count). The molecule has 1 aliphatic heterocycles. The second kappa shape index (κ2) is 10.8. The van der Waals surface area contributed by atoms with Gasteiger partial charge in [-0.2, -0.15) is 0 Å². The summed E-state index contributed by atoms with van der Waals surface area (Å²) in [6.07, 6.45) is -1.76. The number of aliphatic hydroxyl groups is 2.